The van der Waals surface area contributed by atoms with Gasteiger partial charge in [-0.1, -0.05) is 53.4 Å². The maximum Gasteiger partial charge on any atom is 0.305 e. The number of ether oxygens (including phenoxy) is 1. The summed E-state index contributed by atoms with van der Waals surface area (Å²) >= 11 is 2.40. The van der Waals surface area contributed by atoms with Gasteiger partial charge in [0.2, 0.25) is 11.8 Å². The zero-order valence-electron chi connectivity index (χ0n) is 16.2. The van der Waals surface area contributed by atoms with E-state index in [1.165, 1.54) is 16.7 Å². The Bertz CT molecular complexity index is 1210. The molecule has 2 aromatic carbocycles. The third-order valence-electron chi connectivity index (χ3n) is 5.66. The first kappa shape index (κ1) is 19.1. The molecule has 0 aliphatic carbocycles. The number of fused-ring (bicyclic) bond motifs is 2. The molecule has 30 heavy (non-hydrogen) atoms. The van der Waals surface area contributed by atoms with Gasteiger partial charge in [-0.15, -0.1) is 0 Å². The highest BCUT2D eigenvalue weighted by Gasteiger charge is 2.56. The van der Waals surface area contributed by atoms with E-state index in [9.17, 15) is 14.4 Å². The molecule has 1 aromatic heterocycles. The molecule has 0 unspecified atom stereocenters. The van der Waals surface area contributed by atoms with Crippen molar-refractivity contribution < 1.29 is 14.3 Å². The van der Waals surface area contributed by atoms with Crippen molar-refractivity contribution in [2.24, 2.45) is 5.92 Å². The van der Waals surface area contributed by atoms with Gasteiger partial charge in [-0.3, -0.25) is 14.4 Å². The van der Waals surface area contributed by atoms with Crippen LogP contribution in [0.25, 0.3) is 0 Å². The highest BCUT2D eigenvalue weighted by atomic mass is 32.2. The largest absolute Gasteiger partial charge is 0.497 e. The Labute approximate surface area is 180 Å². The molecule has 0 spiro atoms. The zero-order chi connectivity index (χ0) is 21.0. The number of amides is 2. The molecule has 1 N–H and O–H groups in total. The molecule has 0 saturated carbocycles. The minimum absolute atomic E-state index is 0.179. The summed E-state index contributed by atoms with van der Waals surface area (Å²) in [4.78, 5) is 43.9. The van der Waals surface area contributed by atoms with Crippen molar-refractivity contribution in [2.45, 2.75) is 23.1 Å². The summed E-state index contributed by atoms with van der Waals surface area (Å²) in [6.07, 6.45) is 0. The van der Waals surface area contributed by atoms with E-state index in [-0.39, 0.29) is 22.6 Å². The monoisotopic (exact) mass is 438 g/mol. The van der Waals surface area contributed by atoms with Crippen LogP contribution in [0.1, 0.15) is 21.9 Å². The molecule has 2 aliphatic heterocycles. The molecule has 2 amide bonds. The molecule has 2 aliphatic rings. The van der Waals surface area contributed by atoms with Crippen LogP contribution in [0, 0.1) is 12.8 Å². The van der Waals surface area contributed by atoms with Gasteiger partial charge in [-0.2, -0.15) is 0 Å². The number of para-hydroxylation sites is 1. The number of thioether (sulfide) groups is 1. The van der Waals surface area contributed by atoms with Gasteiger partial charge < -0.3 is 9.72 Å². The molecule has 3 aromatic rings. The lowest BCUT2D eigenvalue weighted by Gasteiger charge is -2.29. The lowest BCUT2D eigenvalue weighted by molar-refractivity contribution is -0.122. The number of nitrogens with one attached hydrogen (secondary N) is 1. The van der Waals surface area contributed by atoms with E-state index in [4.69, 9.17) is 4.74 Å². The molecular formula is C22H18N2O4S2. The van der Waals surface area contributed by atoms with Gasteiger partial charge in [0.05, 0.1) is 23.7 Å². The van der Waals surface area contributed by atoms with Gasteiger partial charge in [0, 0.05) is 10.8 Å². The minimum atomic E-state index is -0.582. The first-order valence-electron chi connectivity index (χ1n) is 9.46. The van der Waals surface area contributed by atoms with Gasteiger partial charge in [-0.25, -0.2) is 4.90 Å². The third kappa shape index (κ3) is 2.82. The molecule has 1 saturated heterocycles. The first-order chi connectivity index (χ1) is 14.5. The number of nitrogens with zero attached hydrogens (tertiary/aromatic N) is 1. The van der Waals surface area contributed by atoms with Crippen molar-refractivity contribution >= 4 is 40.6 Å². The summed E-state index contributed by atoms with van der Waals surface area (Å²) in [5, 5.41) is 0.0989. The zero-order valence-corrected chi connectivity index (χ0v) is 17.9. The van der Waals surface area contributed by atoms with Crippen molar-refractivity contribution in [2.75, 3.05) is 12.0 Å². The number of thiazole rings is 1. The number of aryl methyl sites for hydroxylation is 1. The predicted octanol–water partition coefficient (Wildman–Crippen LogP) is 3.55. The predicted molar refractivity (Wildman–Crippen MR) is 117 cm³/mol. The van der Waals surface area contributed by atoms with Gasteiger partial charge >= 0.3 is 4.87 Å². The van der Waals surface area contributed by atoms with E-state index in [1.54, 1.807) is 13.2 Å². The number of aromatic nitrogens is 1. The maximum atomic E-state index is 13.6. The molecule has 5 rings (SSSR count). The Morgan fingerprint density at radius 3 is 2.43 bits per heavy atom. The number of imide groups is 1. The fourth-order valence-electron chi connectivity index (χ4n) is 4.24. The highest BCUT2D eigenvalue weighted by Crippen LogP contribution is 2.53. The molecule has 152 valence electrons. The average molecular weight is 439 g/mol. The molecule has 0 bridgehead atoms. The number of aromatic amines is 1. The summed E-state index contributed by atoms with van der Waals surface area (Å²) < 4.78 is 5.26. The summed E-state index contributed by atoms with van der Waals surface area (Å²) in [7, 11) is 1.59. The van der Waals surface area contributed by atoms with Gasteiger partial charge in [0.15, 0.2) is 0 Å². The van der Waals surface area contributed by atoms with E-state index in [0.29, 0.717) is 16.5 Å². The summed E-state index contributed by atoms with van der Waals surface area (Å²) in [6.45, 7) is 1.89. The van der Waals surface area contributed by atoms with Crippen LogP contribution in [0.2, 0.25) is 0 Å². The maximum absolute atomic E-state index is 13.6. The number of H-pyrrole nitrogens is 1. The number of hydrogen-bond donors (Lipinski definition) is 1. The number of anilines is 1. The molecule has 0 radical (unpaired) electrons. The minimum Gasteiger partial charge on any atom is -0.497 e. The quantitative estimate of drug-likeness (QED) is 0.633. The second-order valence-corrected chi connectivity index (χ2v) is 9.49. The fraction of sp³-hybridized carbons (Fsp3) is 0.227. The molecule has 8 heteroatoms. The Morgan fingerprint density at radius 1 is 1.00 bits per heavy atom. The van der Waals surface area contributed by atoms with Crippen LogP contribution in [0.5, 0.6) is 5.75 Å². The number of methoxy groups -OCH3 is 1. The van der Waals surface area contributed by atoms with Crippen molar-refractivity contribution in [3.63, 3.8) is 0 Å². The molecule has 1 fully saturated rings. The summed E-state index contributed by atoms with van der Waals surface area (Å²) in [5.41, 5.74) is 2.37. The topological polar surface area (TPSA) is 79.5 Å². The SMILES string of the molecule is COc1ccc([C@@H]2c3sc(=O)[nH]c3S[C@@H]3C(=O)N(c4ccccc4C)C(=O)[C@@H]23)cc1. The molecular weight excluding hydrogens is 420 g/mol. The van der Waals surface area contributed by atoms with Crippen LogP contribution >= 0.6 is 23.1 Å². The van der Waals surface area contributed by atoms with Crippen molar-refractivity contribution in [3.8, 4) is 5.75 Å². The van der Waals surface area contributed by atoms with E-state index in [2.05, 4.69) is 4.98 Å². The number of carbonyl (C=O) groups excluding carboxylic acids is 2. The van der Waals surface area contributed by atoms with Gasteiger partial charge in [-0.05, 0) is 36.2 Å². The number of benzene rings is 2. The van der Waals surface area contributed by atoms with Crippen LogP contribution in [0.3, 0.4) is 0 Å². The standard InChI is InChI=1S/C22H18N2O4S2/c1-11-5-3-4-6-14(11)24-20(25)16-15(12-7-9-13(28-2)10-8-12)17-19(23-22(27)30-17)29-18(16)21(24)26/h3-10,15-16,18H,1-2H3,(H,23,27)/t15-,16-,18-/m0/s1. The molecule has 6 nitrogen and oxygen atoms in total. The van der Waals surface area contributed by atoms with Crippen molar-refractivity contribution in [3.05, 3.63) is 74.2 Å². The fourth-order valence-corrected chi connectivity index (χ4v) is 6.75. The summed E-state index contributed by atoms with van der Waals surface area (Å²) in [6, 6.07) is 14.9. The number of hydrogen-bond acceptors (Lipinski definition) is 6. The molecule has 3 atom stereocenters. The number of rotatable bonds is 3. The second-order valence-electron chi connectivity index (χ2n) is 7.32. The van der Waals surface area contributed by atoms with Gasteiger partial charge in [0.25, 0.3) is 0 Å². The van der Waals surface area contributed by atoms with E-state index in [1.807, 2.05) is 49.4 Å². The lowest BCUT2D eigenvalue weighted by atomic mass is 9.83. The Balaban J connectivity index is 1.65. The Hall–Kier alpha value is -2.84. The smallest absolute Gasteiger partial charge is 0.305 e. The van der Waals surface area contributed by atoms with E-state index < -0.39 is 11.2 Å². The van der Waals surface area contributed by atoms with Crippen LogP contribution < -0.4 is 14.5 Å². The van der Waals surface area contributed by atoms with Crippen LogP contribution in [0.4, 0.5) is 5.69 Å². The Morgan fingerprint density at radius 2 is 1.73 bits per heavy atom. The average Bonchev–Trinajstić information content (AvgIpc) is 3.24. The number of carbonyl (C=O) groups is 2. The Kier molecular flexibility index (Phi) is 4.56. The highest BCUT2D eigenvalue weighted by molar-refractivity contribution is 8.00. The van der Waals surface area contributed by atoms with Crippen molar-refractivity contribution in [1.82, 2.24) is 4.98 Å². The van der Waals surface area contributed by atoms with Crippen LogP contribution in [-0.4, -0.2) is 29.2 Å². The van der Waals surface area contributed by atoms with E-state index in [0.717, 1.165) is 27.3 Å². The third-order valence-corrected chi connectivity index (χ3v) is 8.06. The summed E-state index contributed by atoms with van der Waals surface area (Å²) in [5.74, 6) is -0.695. The lowest BCUT2D eigenvalue weighted by Crippen LogP contribution is -2.32. The van der Waals surface area contributed by atoms with E-state index >= 15 is 0 Å². The second kappa shape index (κ2) is 7.14. The normalized spacial score (nSPS) is 22.7. The van der Waals surface area contributed by atoms with Crippen LogP contribution in [-0.2, 0) is 9.59 Å². The first-order valence-corrected chi connectivity index (χ1v) is 11.2. The van der Waals surface area contributed by atoms with Crippen LogP contribution in [0.15, 0.2) is 58.4 Å². The van der Waals surface area contributed by atoms with Crippen molar-refractivity contribution in [1.29, 1.82) is 0 Å². The molecule has 3 heterocycles. The van der Waals surface area contributed by atoms with Gasteiger partial charge in [0.1, 0.15) is 11.0 Å².